The van der Waals surface area contributed by atoms with Crippen molar-refractivity contribution in [1.82, 2.24) is 4.98 Å². The van der Waals surface area contributed by atoms with Crippen LogP contribution in [0.4, 0.5) is 0 Å². The van der Waals surface area contributed by atoms with E-state index in [1.165, 1.54) is 85.9 Å². The lowest BCUT2D eigenvalue weighted by atomic mass is 9.86. The zero-order valence-corrected chi connectivity index (χ0v) is 27.4. The normalized spacial score (nSPS) is 11.7. The lowest BCUT2D eigenvalue weighted by Crippen LogP contribution is -1.92. The molecule has 0 unspecified atom stereocenters. The molecule has 10 aromatic rings. The van der Waals surface area contributed by atoms with Gasteiger partial charge in [0, 0.05) is 37.5 Å². The van der Waals surface area contributed by atoms with Crippen LogP contribution in [0.1, 0.15) is 0 Å². The van der Waals surface area contributed by atoms with Gasteiger partial charge in [-0.1, -0.05) is 164 Å². The first-order chi connectivity index (χ1) is 24.3. The first kappa shape index (κ1) is 28.0. The van der Waals surface area contributed by atoms with Crippen molar-refractivity contribution in [3.63, 3.8) is 0 Å². The van der Waals surface area contributed by atoms with Gasteiger partial charge in [0.15, 0.2) is 0 Å². The predicted octanol–water partition coefficient (Wildman–Crippen LogP) is 13.6. The van der Waals surface area contributed by atoms with Gasteiger partial charge >= 0.3 is 0 Å². The lowest BCUT2D eigenvalue weighted by Gasteiger charge is -2.18. The Balaban J connectivity index is 1.12. The number of benzene rings is 8. The highest BCUT2D eigenvalue weighted by molar-refractivity contribution is 7.27. The summed E-state index contributed by atoms with van der Waals surface area (Å²) in [4.78, 5) is 5.15. The van der Waals surface area contributed by atoms with Crippen molar-refractivity contribution < 1.29 is 0 Å². The summed E-state index contributed by atoms with van der Waals surface area (Å²) >= 11 is 1.88. The maximum atomic E-state index is 5.15. The Labute approximate surface area is 288 Å². The van der Waals surface area contributed by atoms with Gasteiger partial charge in [0.05, 0.1) is 5.69 Å². The van der Waals surface area contributed by atoms with Gasteiger partial charge in [0.2, 0.25) is 0 Å². The maximum absolute atomic E-state index is 5.15. The van der Waals surface area contributed by atoms with E-state index in [-0.39, 0.29) is 0 Å². The van der Waals surface area contributed by atoms with E-state index in [4.69, 9.17) is 4.98 Å². The molecule has 1 nitrogen and oxygen atoms in total. The van der Waals surface area contributed by atoms with Gasteiger partial charge in [-0.25, -0.2) is 0 Å². The highest BCUT2D eigenvalue weighted by atomic mass is 32.1. The van der Waals surface area contributed by atoms with Crippen LogP contribution in [0.3, 0.4) is 0 Å². The predicted molar refractivity (Wildman–Crippen MR) is 211 cm³/mol. The second kappa shape index (κ2) is 11.3. The summed E-state index contributed by atoms with van der Waals surface area (Å²) in [6.45, 7) is 0. The molecule has 0 spiro atoms. The van der Waals surface area contributed by atoms with Gasteiger partial charge < -0.3 is 0 Å². The number of thiophene rings is 1. The van der Waals surface area contributed by atoms with E-state index in [1.807, 2.05) is 11.3 Å². The van der Waals surface area contributed by atoms with Gasteiger partial charge in [-0.05, 0) is 66.2 Å². The summed E-state index contributed by atoms with van der Waals surface area (Å²) < 4.78 is 2.62. The van der Waals surface area contributed by atoms with Gasteiger partial charge in [-0.3, -0.25) is 4.98 Å². The fraction of sp³-hybridized carbons (Fsp3) is 0. The number of nitrogens with zero attached hydrogens (tertiary/aromatic N) is 1. The monoisotopic (exact) mass is 639 g/mol. The lowest BCUT2D eigenvalue weighted by molar-refractivity contribution is 1.34. The van der Waals surface area contributed by atoms with E-state index in [0.29, 0.717) is 0 Å². The van der Waals surface area contributed by atoms with Crippen LogP contribution in [-0.2, 0) is 0 Å². The Bertz CT molecular complexity index is 2790. The van der Waals surface area contributed by atoms with Crippen LogP contribution in [0.2, 0.25) is 0 Å². The van der Waals surface area contributed by atoms with Gasteiger partial charge in [0.1, 0.15) is 0 Å². The van der Waals surface area contributed by atoms with Crippen LogP contribution < -0.4 is 0 Å². The van der Waals surface area contributed by atoms with Crippen LogP contribution in [0, 0.1) is 0 Å². The standard InChI is InChI=1S/C47H29NS/c1-2-11-30(12-3-1)31-21-23-33(24-22-31)44-36-15-6-8-17-38(36)45(39-18-9-7-16-37(39)44)34-26-28-43(48-29-34)42-20-10-19-40-41-27-25-32-13-4-5-14-35(32)46(41)49-47(40)42/h1-29H. The number of pyridine rings is 1. The molecular weight excluding hydrogens is 611 g/mol. The van der Waals surface area contributed by atoms with Crippen LogP contribution in [0.25, 0.3) is 97.1 Å². The zero-order valence-electron chi connectivity index (χ0n) is 26.6. The van der Waals surface area contributed by atoms with Gasteiger partial charge in [-0.2, -0.15) is 0 Å². The van der Waals surface area contributed by atoms with Crippen molar-refractivity contribution in [2.24, 2.45) is 0 Å². The highest BCUT2D eigenvalue weighted by Gasteiger charge is 2.18. The molecule has 0 saturated carbocycles. The SMILES string of the molecule is c1ccc(-c2ccc(-c3c4ccccc4c(-c4ccc(-c5cccc6c5sc5c7ccccc7ccc65)nc4)c4ccccc34)cc2)cc1. The minimum Gasteiger partial charge on any atom is -0.256 e. The van der Waals surface area contributed by atoms with E-state index in [0.717, 1.165) is 11.3 Å². The zero-order chi connectivity index (χ0) is 32.3. The number of aromatic nitrogens is 1. The molecule has 0 aliphatic rings. The van der Waals surface area contributed by atoms with E-state index < -0.39 is 0 Å². The van der Waals surface area contributed by atoms with E-state index in [2.05, 4.69) is 176 Å². The first-order valence-electron chi connectivity index (χ1n) is 16.7. The molecule has 0 saturated heterocycles. The van der Waals surface area contributed by atoms with Crippen molar-refractivity contribution in [1.29, 1.82) is 0 Å². The maximum Gasteiger partial charge on any atom is 0.0716 e. The van der Waals surface area contributed by atoms with Crippen LogP contribution in [0.5, 0.6) is 0 Å². The fourth-order valence-electron chi connectivity index (χ4n) is 7.64. The smallest absolute Gasteiger partial charge is 0.0716 e. The molecule has 2 heteroatoms. The Morgan fingerprint density at radius 2 is 0.857 bits per heavy atom. The molecule has 2 aromatic heterocycles. The number of hydrogen-bond donors (Lipinski definition) is 0. The molecule has 0 radical (unpaired) electrons. The first-order valence-corrected chi connectivity index (χ1v) is 17.5. The van der Waals surface area contributed by atoms with Gasteiger partial charge in [0.25, 0.3) is 0 Å². The third kappa shape index (κ3) is 4.49. The molecule has 0 aliphatic heterocycles. The molecule has 0 amide bonds. The van der Waals surface area contributed by atoms with Crippen molar-refractivity contribution in [2.45, 2.75) is 0 Å². The summed E-state index contributed by atoms with van der Waals surface area (Å²) in [5, 5.41) is 10.1. The third-order valence-corrected chi connectivity index (χ3v) is 11.2. The topological polar surface area (TPSA) is 12.9 Å². The number of rotatable bonds is 4. The minimum atomic E-state index is 0.994. The second-order valence-electron chi connectivity index (χ2n) is 12.7. The Hall–Kier alpha value is -6.09. The summed E-state index contributed by atoms with van der Waals surface area (Å²) in [7, 11) is 0. The van der Waals surface area contributed by atoms with E-state index >= 15 is 0 Å². The molecule has 0 aliphatic carbocycles. The molecular formula is C47H29NS. The Kier molecular flexibility index (Phi) is 6.43. The summed E-state index contributed by atoms with van der Waals surface area (Å²) in [5.74, 6) is 0. The molecule has 0 atom stereocenters. The highest BCUT2D eigenvalue weighted by Crippen LogP contribution is 2.45. The van der Waals surface area contributed by atoms with Crippen molar-refractivity contribution in [3.8, 4) is 44.6 Å². The largest absolute Gasteiger partial charge is 0.256 e. The van der Waals surface area contributed by atoms with Crippen LogP contribution in [-0.4, -0.2) is 4.98 Å². The van der Waals surface area contributed by atoms with Crippen LogP contribution >= 0.6 is 11.3 Å². The second-order valence-corrected chi connectivity index (χ2v) is 13.7. The van der Waals surface area contributed by atoms with Crippen molar-refractivity contribution >= 4 is 63.8 Å². The molecule has 0 fully saturated rings. The van der Waals surface area contributed by atoms with Crippen LogP contribution in [0.15, 0.2) is 176 Å². The molecule has 0 N–H and O–H groups in total. The van der Waals surface area contributed by atoms with E-state index in [1.54, 1.807) is 0 Å². The summed E-state index contributed by atoms with van der Waals surface area (Å²) in [6, 6.07) is 61.5. The molecule has 2 heterocycles. The molecule has 0 bridgehead atoms. The Morgan fingerprint density at radius 1 is 0.327 bits per heavy atom. The van der Waals surface area contributed by atoms with Gasteiger partial charge in [-0.15, -0.1) is 11.3 Å². The average Bonchev–Trinajstić information content (AvgIpc) is 3.57. The summed E-state index contributed by atoms with van der Waals surface area (Å²) in [5.41, 5.74) is 9.46. The molecule has 10 rings (SSSR count). The number of hydrogen-bond acceptors (Lipinski definition) is 2. The third-order valence-electron chi connectivity index (χ3n) is 9.93. The van der Waals surface area contributed by atoms with Crippen molar-refractivity contribution in [2.75, 3.05) is 0 Å². The molecule has 8 aromatic carbocycles. The van der Waals surface area contributed by atoms with Crippen molar-refractivity contribution in [3.05, 3.63) is 176 Å². The number of fused-ring (bicyclic) bond motifs is 7. The fourth-order valence-corrected chi connectivity index (χ4v) is 9.00. The quantitative estimate of drug-likeness (QED) is 0.175. The average molecular weight is 640 g/mol. The summed E-state index contributed by atoms with van der Waals surface area (Å²) in [6.07, 6.45) is 2.07. The molecule has 49 heavy (non-hydrogen) atoms. The van der Waals surface area contributed by atoms with E-state index in [9.17, 15) is 0 Å². The Morgan fingerprint density at radius 3 is 1.53 bits per heavy atom. The minimum absolute atomic E-state index is 0.994. The molecule has 228 valence electrons.